The highest BCUT2D eigenvalue weighted by molar-refractivity contribution is 6.04. The van der Waals surface area contributed by atoms with Crippen molar-refractivity contribution in [2.24, 2.45) is 0 Å². The van der Waals surface area contributed by atoms with Crippen LogP contribution < -0.4 is 15.8 Å². The van der Waals surface area contributed by atoms with Gasteiger partial charge in [-0.25, -0.2) is 4.98 Å². The Bertz CT molecular complexity index is 1050. The number of pyridine rings is 1. The smallest absolute Gasteiger partial charge is 0.416 e. The number of aromatic nitrogens is 1. The van der Waals surface area contributed by atoms with E-state index in [1.165, 1.54) is 19.2 Å². The van der Waals surface area contributed by atoms with Crippen molar-refractivity contribution < 1.29 is 22.7 Å². The summed E-state index contributed by atoms with van der Waals surface area (Å²) < 4.78 is 43.9. The first-order chi connectivity index (χ1) is 13.7. The lowest BCUT2D eigenvalue weighted by molar-refractivity contribution is -0.137. The van der Waals surface area contributed by atoms with Crippen LogP contribution in [0.15, 0.2) is 54.6 Å². The van der Waals surface area contributed by atoms with E-state index in [-0.39, 0.29) is 23.3 Å². The lowest BCUT2D eigenvalue weighted by Crippen LogP contribution is -2.13. The first-order valence-corrected chi connectivity index (χ1v) is 8.59. The summed E-state index contributed by atoms with van der Waals surface area (Å²) in [6.45, 7) is 1.91. The largest absolute Gasteiger partial charge is 0.496 e. The quantitative estimate of drug-likeness (QED) is 0.651. The van der Waals surface area contributed by atoms with Gasteiger partial charge in [-0.1, -0.05) is 17.7 Å². The van der Waals surface area contributed by atoms with Crippen molar-refractivity contribution in [2.75, 3.05) is 18.2 Å². The molecule has 0 saturated carbocycles. The van der Waals surface area contributed by atoms with Crippen LogP contribution in [-0.4, -0.2) is 18.0 Å². The van der Waals surface area contributed by atoms with Crippen molar-refractivity contribution in [3.63, 3.8) is 0 Å². The second kappa shape index (κ2) is 7.83. The summed E-state index contributed by atoms with van der Waals surface area (Å²) in [6.07, 6.45) is -4.49. The number of methoxy groups -OCH3 is 1. The second-order valence-corrected chi connectivity index (χ2v) is 6.36. The molecule has 1 heterocycles. The van der Waals surface area contributed by atoms with Crippen molar-refractivity contribution in [3.05, 3.63) is 71.3 Å². The van der Waals surface area contributed by atoms with Crippen LogP contribution in [0.25, 0.3) is 11.1 Å². The lowest BCUT2D eigenvalue weighted by Gasteiger charge is -2.14. The molecule has 0 saturated heterocycles. The molecule has 3 N–H and O–H groups in total. The molecule has 0 unspecified atom stereocenters. The lowest BCUT2D eigenvalue weighted by atomic mass is 10.0. The minimum Gasteiger partial charge on any atom is -0.496 e. The van der Waals surface area contributed by atoms with Crippen LogP contribution in [0.1, 0.15) is 21.5 Å². The Balaban J connectivity index is 1.88. The predicted molar refractivity (Wildman–Crippen MR) is 105 cm³/mol. The summed E-state index contributed by atoms with van der Waals surface area (Å²) in [5, 5.41) is 2.64. The van der Waals surface area contributed by atoms with E-state index in [9.17, 15) is 18.0 Å². The molecule has 5 nitrogen and oxygen atoms in total. The van der Waals surface area contributed by atoms with Gasteiger partial charge in [-0.3, -0.25) is 4.79 Å². The van der Waals surface area contributed by atoms with E-state index in [0.29, 0.717) is 16.7 Å². The number of rotatable bonds is 4. The predicted octanol–water partition coefficient (Wildman–Crippen LogP) is 4.92. The van der Waals surface area contributed by atoms with E-state index in [2.05, 4.69) is 10.3 Å². The molecule has 0 aliphatic heterocycles. The maximum absolute atomic E-state index is 12.9. The number of carbonyl (C=O) groups is 1. The number of aryl methyl sites for hydroxylation is 1. The first kappa shape index (κ1) is 20.2. The minimum absolute atomic E-state index is 0.0183. The Labute approximate surface area is 165 Å². The fraction of sp³-hybridized carbons (Fsp3) is 0.143. The summed E-state index contributed by atoms with van der Waals surface area (Å²) in [6, 6.07) is 13.2. The molecular formula is C21H18F3N3O2. The van der Waals surface area contributed by atoms with Crippen LogP contribution in [0, 0.1) is 6.92 Å². The fourth-order valence-electron chi connectivity index (χ4n) is 2.76. The zero-order valence-corrected chi connectivity index (χ0v) is 15.7. The Kier molecular flexibility index (Phi) is 5.45. The van der Waals surface area contributed by atoms with E-state index >= 15 is 0 Å². The van der Waals surface area contributed by atoms with Crippen LogP contribution in [0.3, 0.4) is 0 Å². The van der Waals surface area contributed by atoms with Crippen LogP contribution in [0.5, 0.6) is 5.75 Å². The highest BCUT2D eigenvalue weighted by atomic mass is 19.4. The number of carbonyl (C=O) groups excluding carboxylic acids is 1. The molecule has 2 aromatic carbocycles. The van der Waals surface area contributed by atoms with Gasteiger partial charge in [-0.05, 0) is 49.4 Å². The number of nitrogens with zero attached hydrogens (tertiary/aromatic N) is 1. The molecule has 0 atom stereocenters. The minimum atomic E-state index is -4.49. The zero-order chi connectivity index (χ0) is 21.2. The summed E-state index contributed by atoms with van der Waals surface area (Å²) in [5.74, 6) is -0.0611. The van der Waals surface area contributed by atoms with Gasteiger partial charge in [0.05, 0.1) is 12.7 Å². The van der Waals surface area contributed by atoms with E-state index in [1.54, 1.807) is 18.2 Å². The number of halogens is 3. The van der Waals surface area contributed by atoms with Crippen molar-refractivity contribution in [1.82, 2.24) is 4.98 Å². The molecule has 0 aliphatic rings. The van der Waals surface area contributed by atoms with Crippen molar-refractivity contribution in [2.45, 2.75) is 13.1 Å². The summed E-state index contributed by atoms with van der Waals surface area (Å²) in [4.78, 5) is 16.5. The molecule has 8 heteroatoms. The first-order valence-electron chi connectivity index (χ1n) is 8.59. The average molecular weight is 401 g/mol. The van der Waals surface area contributed by atoms with Gasteiger partial charge in [0.15, 0.2) is 0 Å². The maximum Gasteiger partial charge on any atom is 0.416 e. The molecule has 29 heavy (non-hydrogen) atoms. The van der Waals surface area contributed by atoms with E-state index in [1.807, 2.05) is 19.1 Å². The summed E-state index contributed by atoms with van der Waals surface area (Å²) in [7, 11) is 1.28. The molecule has 0 aliphatic carbocycles. The summed E-state index contributed by atoms with van der Waals surface area (Å²) in [5.41, 5.74) is 7.41. The molecule has 3 rings (SSSR count). The fourth-order valence-corrected chi connectivity index (χ4v) is 2.76. The van der Waals surface area contributed by atoms with Crippen LogP contribution in [0.2, 0.25) is 0 Å². The van der Waals surface area contributed by atoms with Gasteiger partial charge in [0.25, 0.3) is 5.91 Å². The third-order valence-corrected chi connectivity index (χ3v) is 4.30. The molecular weight excluding hydrogens is 383 g/mol. The number of nitrogens with one attached hydrogen (secondary N) is 1. The van der Waals surface area contributed by atoms with Crippen LogP contribution in [0.4, 0.5) is 24.8 Å². The number of amides is 1. The standard InChI is InChI=1S/C21H18F3N3O2/c1-12-3-5-13(6-4-12)20(28)27-18-10-9-16(19(25)26-18)15-8-7-14(21(22,23)24)11-17(15)29-2/h3-11H,1-2H3,(H3,25,26,27,28). The average Bonchev–Trinajstić information content (AvgIpc) is 2.67. The number of alkyl halides is 3. The topological polar surface area (TPSA) is 77.2 Å². The third kappa shape index (κ3) is 4.48. The highest BCUT2D eigenvalue weighted by Crippen LogP contribution is 2.38. The monoisotopic (exact) mass is 401 g/mol. The van der Waals surface area contributed by atoms with Gasteiger partial charge >= 0.3 is 6.18 Å². The van der Waals surface area contributed by atoms with Crippen molar-refractivity contribution in [1.29, 1.82) is 0 Å². The number of anilines is 2. The number of ether oxygens (including phenoxy) is 1. The van der Waals surface area contributed by atoms with Gasteiger partial charge in [-0.15, -0.1) is 0 Å². The van der Waals surface area contributed by atoms with Gasteiger partial charge < -0.3 is 15.8 Å². The molecule has 0 bridgehead atoms. The van der Waals surface area contributed by atoms with Gasteiger partial charge in [-0.2, -0.15) is 13.2 Å². The normalized spacial score (nSPS) is 11.2. The van der Waals surface area contributed by atoms with Crippen LogP contribution in [-0.2, 0) is 6.18 Å². The molecule has 0 spiro atoms. The molecule has 3 aromatic rings. The SMILES string of the molecule is COc1cc(C(F)(F)F)ccc1-c1ccc(NC(=O)c2ccc(C)cc2)nc1N. The number of nitrogens with two attached hydrogens (primary N) is 1. The molecule has 150 valence electrons. The van der Waals surface area contributed by atoms with Crippen molar-refractivity contribution in [3.8, 4) is 16.9 Å². The van der Waals surface area contributed by atoms with E-state index in [0.717, 1.165) is 17.7 Å². The number of benzene rings is 2. The number of hydrogen-bond donors (Lipinski definition) is 2. The highest BCUT2D eigenvalue weighted by Gasteiger charge is 2.31. The van der Waals surface area contributed by atoms with Gasteiger partial charge in [0, 0.05) is 16.7 Å². The van der Waals surface area contributed by atoms with Gasteiger partial charge in [0.2, 0.25) is 0 Å². The Morgan fingerprint density at radius 1 is 1.03 bits per heavy atom. The maximum atomic E-state index is 12.9. The number of nitrogen functional groups attached to an aromatic ring is 1. The van der Waals surface area contributed by atoms with E-state index in [4.69, 9.17) is 10.5 Å². The summed E-state index contributed by atoms with van der Waals surface area (Å²) >= 11 is 0. The van der Waals surface area contributed by atoms with Gasteiger partial charge in [0.1, 0.15) is 17.4 Å². The molecule has 0 fully saturated rings. The molecule has 1 aromatic heterocycles. The van der Waals surface area contributed by atoms with Crippen molar-refractivity contribution >= 4 is 17.5 Å². The molecule has 0 radical (unpaired) electrons. The Hall–Kier alpha value is -3.55. The zero-order valence-electron chi connectivity index (χ0n) is 15.7. The number of hydrogen-bond acceptors (Lipinski definition) is 4. The third-order valence-electron chi connectivity index (χ3n) is 4.30. The Morgan fingerprint density at radius 2 is 1.69 bits per heavy atom. The Morgan fingerprint density at radius 3 is 2.28 bits per heavy atom. The second-order valence-electron chi connectivity index (χ2n) is 6.36. The molecule has 1 amide bonds. The van der Waals surface area contributed by atoms with Crippen LogP contribution >= 0.6 is 0 Å². The van der Waals surface area contributed by atoms with E-state index < -0.39 is 11.7 Å².